The topological polar surface area (TPSA) is 89.3 Å². The number of thioether (sulfide) groups is 1. The lowest BCUT2D eigenvalue weighted by molar-refractivity contribution is -0.384. The van der Waals surface area contributed by atoms with E-state index in [0.29, 0.717) is 17.7 Å². The molecule has 7 heteroatoms. The summed E-state index contributed by atoms with van der Waals surface area (Å²) in [6.45, 7) is 4.46. The molecule has 0 atom stereocenters. The second kappa shape index (κ2) is 12.2. The van der Waals surface area contributed by atoms with Gasteiger partial charge in [0.1, 0.15) is 0 Å². The van der Waals surface area contributed by atoms with Crippen LogP contribution in [-0.2, 0) is 4.79 Å². The number of carbonyl (C=O) groups is 2. The Morgan fingerprint density at radius 1 is 1.19 bits per heavy atom. The molecule has 0 saturated heterocycles. The highest BCUT2D eigenvalue weighted by Crippen LogP contribution is 2.21. The van der Waals surface area contributed by atoms with Crippen molar-refractivity contribution in [3.05, 3.63) is 50.9 Å². The molecule has 26 heavy (non-hydrogen) atoms. The molecule has 0 aromatic heterocycles. The van der Waals surface area contributed by atoms with Gasteiger partial charge in [-0.15, -0.1) is 0 Å². The van der Waals surface area contributed by atoms with Crippen LogP contribution >= 0.6 is 11.8 Å². The van der Waals surface area contributed by atoms with Crippen molar-refractivity contribution in [3.63, 3.8) is 0 Å². The highest BCUT2D eigenvalue weighted by atomic mass is 32.2. The van der Waals surface area contributed by atoms with Gasteiger partial charge in [0, 0.05) is 30.3 Å². The Balaban J connectivity index is 2.33. The van der Waals surface area contributed by atoms with Crippen molar-refractivity contribution in [2.24, 2.45) is 0 Å². The highest BCUT2D eigenvalue weighted by molar-refractivity contribution is 8.16. The second-order valence-electron chi connectivity index (χ2n) is 6.02. The van der Waals surface area contributed by atoms with E-state index in [4.69, 9.17) is 0 Å². The lowest BCUT2D eigenvalue weighted by atomic mass is 10.1. The third kappa shape index (κ3) is 8.29. The standard InChI is InChI=1S/C19H26N2O4S/c1-3-4-5-6-7-8-12-20-18(22)11-13-26-19(23)17-10-9-16(21(24)25)14-15(17)2/h9-11,13-14H,3-8,12H2,1-2H3,(H,20,22)/b13-11-. The molecule has 0 aliphatic rings. The second-order valence-corrected chi connectivity index (χ2v) is 6.90. The summed E-state index contributed by atoms with van der Waals surface area (Å²) in [7, 11) is 0. The fourth-order valence-corrected chi connectivity index (χ4v) is 3.06. The van der Waals surface area contributed by atoms with Gasteiger partial charge in [-0.05, 0) is 30.4 Å². The number of rotatable bonds is 11. The average Bonchev–Trinajstić information content (AvgIpc) is 2.60. The molecule has 0 aliphatic heterocycles. The number of hydrogen-bond acceptors (Lipinski definition) is 5. The van der Waals surface area contributed by atoms with Crippen LogP contribution in [0.4, 0.5) is 5.69 Å². The van der Waals surface area contributed by atoms with Crippen molar-refractivity contribution in [2.75, 3.05) is 6.54 Å². The number of non-ortho nitro benzene ring substituents is 1. The Kier molecular flexibility index (Phi) is 10.3. The zero-order valence-electron chi connectivity index (χ0n) is 15.3. The molecule has 0 spiro atoms. The van der Waals surface area contributed by atoms with E-state index in [1.165, 1.54) is 55.4 Å². The maximum absolute atomic E-state index is 12.1. The summed E-state index contributed by atoms with van der Waals surface area (Å²) in [5.74, 6) is -0.223. The van der Waals surface area contributed by atoms with Gasteiger partial charge in [0.05, 0.1) is 4.92 Å². The molecule has 0 heterocycles. The molecule has 0 unspecified atom stereocenters. The van der Waals surface area contributed by atoms with Gasteiger partial charge in [-0.25, -0.2) is 0 Å². The summed E-state index contributed by atoms with van der Waals surface area (Å²) < 4.78 is 0. The summed E-state index contributed by atoms with van der Waals surface area (Å²) >= 11 is 0.889. The van der Waals surface area contributed by atoms with E-state index >= 15 is 0 Å². The molecule has 1 aromatic carbocycles. The van der Waals surface area contributed by atoms with Gasteiger partial charge in [-0.2, -0.15) is 0 Å². The minimum absolute atomic E-state index is 0.0475. The molecule has 0 saturated carbocycles. The predicted molar refractivity (Wildman–Crippen MR) is 105 cm³/mol. The molecular weight excluding hydrogens is 352 g/mol. The van der Waals surface area contributed by atoms with Crippen LogP contribution in [0.3, 0.4) is 0 Å². The van der Waals surface area contributed by atoms with Gasteiger partial charge in [0.2, 0.25) is 11.0 Å². The first-order valence-corrected chi connectivity index (χ1v) is 9.74. The van der Waals surface area contributed by atoms with Crippen LogP contribution in [0.1, 0.15) is 61.4 Å². The van der Waals surface area contributed by atoms with Crippen LogP contribution in [-0.4, -0.2) is 22.5 Å². The smallest absolute Gasteiger partial charge is 0.269 e. The molecular formula is C19H26N2O4S. The van der Waals surface area contributed by atoms with Gasteiger partial charge in [0.25, 0.3) is 5.69 Å². The average molecular weight is 378 g/mol. The van der Waals surface area contributed by atoms with Gasteiger partial charge in [-0.3, -0.25) is 19.7 Å². The summed E-state index contributed by atoms with van der Waals surface area (Å²) in [6, 6.07) is 4.11. The minimum Gasteiger partial charge on any atom is -0.353 e. The number of nitro groups is 1. The highest BCUT2D eigenvalue weighted by Gasteiger charge is 2.13. The Hall–Kier alpha value is -2.15. The number of nitrogens with one attached hydrogen (secondary N) is 1. The number of amides is 1. The number of nitrogens with zero attached hydrogens (tertiary/aromatic N) is 1. The Morgan fingerprint density at radius 2 is 1.88 bits per heavy atom. The Labute approximate surface area is 158 Å². The maximum atomic E-state index is 12.1. The molecule has 0 aliphatic carbocycles. The quantitative estimate of drug-likeness (QED) is 0.259. The normalized spacial score (nSPS) is 10.8. The summed E-state index contributed by atoms with van der Waals surface area (Å²) in [5, 5.41) is 14.7. The van der Waals surface area contributed by atoms with Gasteiger partial charge in [-0.1, -0.05) is 50.8 Å². The first-order valence-electron chi connectivity index (χ1n) is 8.86. The predicted octanol–water partition coefficient (Wildman–Crippen LogP) is 4.77. The van der Waals surface area contributed by atoms with Crippen molar-refractivity contribution in [3.8, 4) is 0 Å². The van der Waals surface area contributed by atoms with Gasteiger partial charge >= 0.3 is 0 Å². The largest absolute Gasteiger partial charge is 0.353 e. The van der Waals surface area contributed by atoms with E-state index in [1.54, 1.807) is 6.92 Å². The lowest BCUT2D eigenvalue weighted by Crippen LogP contribution is -2.21. The van der Waals surface area contributed by atoms with Crippen molar-refractivity contribution in [2.45, 2.75) is 52.4 Å². The summed E-state index contributed by atoms with van der Waals surface area (Å²) in [5.41, 5.74) is 0.893. The number of carbonyl (C=O) groups excluding carboxylic acids is 2. The maximum Gasteiger partial charge on any atom is 0.269 e. The van der Waals surface area contributed by atoms with E-state index in [0.717, 1.165) is 24.6 Å². The molecule has 1 amide bonds. The molecule has 6 nitrogen and oxygen atoms in total. The third-order valence-electron chi connectivity index (χ3n) is 3.86. The van der Waals surface area contributed by atoms with Crippen LogP contribution in [0.25, 0.3) is 0 Å². The number of hydrogen-bond donors (Lipinski definition) is 1. The summed E-state index contributed by atoms with van der Waals surface area (Å²) in [4.78, 5) is 34.0. The molecule has 1 rings (SSSR count). The molecule has 0 fully saturated rings. The number of unbranched alkanes of at least 4 members (excludes halogenated alkanes) is 5. The van der Waals surface area contributed by atoms with E-state index in [2.05, 4.69) is 12.2 Å². The first-order chi connectivity index (χ1) is 12.5. The van der Waals surface area contributed by atoms with Crippen LogP contribution in [0.15, 0.2) is 29.7 Å². The first kappa shape index (κ1) is 21.9. The molecule has 142 valence electrons. The van der Waals surface area contributed by atoms with Crippen molar-refractivity contribution < 1.29 is 14.5 Å². The van der Waals surface area contributed by atoms with Crippen LogP contribution < -0.4 is 5.32 Å². The van der Waals surface area contributed by atoms with Crippen LogP contribution in [0, 0.1) is 17.0 Å². The number of benzene rings is 1. The fourth-order valence-electron chi connectivity index (χ4n) is 2.39. The minimum atomic E-state index is -0.498. The van der Waals surface area contributed by atoms with Crippen LogP contribution in [0.2, 0.25) is 0 Å². The molecule has 1 N–H and O–H groups in total. The van der Waals surface area contributed by atoms with Crippen molar-refractivity contribution in [1.29, 1.82) is 0 Å². The summed E-state index contributed by atoms with van der Waals surface area (Å²) in [6.07, 6.45) is 8.31. The lowest BCUT2D eigenvalue weighted by Gasteiger charge is -2.03. The molecule has 0 bridgehead atoms. The zero-order valence-corrected chi connectivity index (χ0v) is 16.1. The van der Waals surface area contributed by atoms with Gasteiger partial charge < -0.3 is 5.32 Å². The van der Waals surface area contributed by atoms with Gasteiger partial charge in [0.15, 0.2) is 0 Å². The van der Waals surface area contributed by atoms with E-state index < -0.39 is 4.92 Å². The Bertz CT molecular complexity index is 659. The number of aryl methyl sites for hydroxylation is 1. The van der Waals surface area contributed by atoms with E-state index in [9.17, 15) is 19.7 Å². The molecule has 0 radical (unpaired) electrons. The number of nitro benzene ring substituents is 1. The zero-order chi connectivity index (χ0) is 19.4. The monoisotopic (exact) mass is 378 g/mol. The van der Waals surface area contributed by atoms with E-state index in [1.807, 2.05) is 0 Å². The third-order valence-corrected chi connectivity index (χ3v) is 4.57. The van der Waals surface area contributed by atoms with Crippen LogP contribution in [0.5, 0.6) is 0 Å². The van der Waals surface area contributed by atoms with Crippen molar-refractivity contribution >= 4 is 28.5 Å². The van der Waals surface area contributed by atoms with E-state index in [-0.39, 0.29) is 16.7 Å². The SMILES string of the molecule is CCCCCCCCNC(=O)/C=C\SC(=O)c1ccc([N+](=O)[O-])cc1C. The van der Waals surface area contributed by atoms with Crippen molar-refractivity contribution in [1.82, 2.24) is 5.32 Å². The fraction of sp³-hybridized carbons (Fsp3) is 0.474. The molecule has 1 aromatic rings. The Morgan fingerprint density at radius 3 is 2.54 bits per heavy atom.